The number of nitrogens with zero attached hydrogens (tertiary/aromatic N) is 4. The summed E-state index contributed by atoms with van der Waals surface area (Å²) in [5.74, 6) is 0.840. The van der Waals surface area contributed by atoms with Gasteiger partial charge in [-0.25, -0.2) is 14.8 Å². The maximum absolute atomic E-state index is 12.7. The number of carbonyl (C=O) groups excluding carboxylic acids is 1. The van der Waals surface area contributed by atoms with Gasteiger partial charge in [0.15, 0.2) is 11.2 Å². The summed E-state index contributed by atoms with van der Waals surface area (Å²) in [6.45, 7) is 7.76. The van der Waals surface area contributed by atoms with Gasteiger partial charge in [0, 0.05) is 38.9 Å². The van der Waals surface area contributed by atoms with Crippen molar-refractivity contribution >= 4 is 38.6 Å². The number of hydrogen-bond acceptors (Lipinski definition) is 6. The zero-order valence-electron chi connectivity index (χ0n) is 20.5. The van der Waals surface area contributed by atoms with Gasteiger partial charge < -0.3 is 9.88 Å². The predicted octanol–water partition coefficient (Wildman–Crippen LogP) is 3.24. The van der Waals surface area contributed by atoms with E-state index in [9.17, 15) is 14.4 Å². The van der Waals surface area contributed by atoms with Crippen molar-refractivity contribution in [3.05, 3.63) is 55.9 Å². The van der Waals surface area contributed by atoms with Crippen molar-refractivity contribution < 1.29 is 4.79 Å². The van der Waals surface area contributed by atoms with Crippen LogP contribution in [0.15, 0.2) is 33.9 Å². The molecule has 0 spiro atoms. The molecule has 0 bridgehead atoms. The number of H-pyrrole nitrogens is 1. The largest absolute Gasteiger partial charge is 0.356 e. The maximum atomic E-state index is 12.7. The van der Waals surface area contributed by atoms with Crippen LogP contribution >= 0.6 is 11.3 Å². The van der Waals surface area contributed by atoms with Crippen molar-refractivity contribution in [2.75, 3.05) is 6.54 Å². The van der Waals surface area contributed by atoms with Gasteiger partial charge in [0.1, 0.15) is 5.82 Å². The number of thiazole rings is 1. The van der Waals surface area contributed by atoms with Gasteiger partial charge in [-0.05, 0) is 24.5 Å². The van der Waals surface area contributed by atoms with Gasteiger partial charge in [-0.15, -0.1) is 11.3 Å². The van der Waals surface area contributed by atoms with Crippen LogP contribution in [0.2, 0.25) is 0 Å². The first-order valence-electron chi connectivity index (χ1n) is 12.2. The van der Waals surface area contributed by atoms with Gasteiger partial charge in [-0.2, -0.15) is 0 Å². The van der Waals surface area contributed by atoms with E-state index in [0.29, 0.717) is 49.5 Å². The summed E-state index contributed by atoms with van der Waals surface area (Å²) in [6.07, 6.45) is 3.04. The summed E-state index contributed by atoms with van der Waals surface area (Å²) in [5.41, 5.74) is 0.914. The first-order chi connectivity index (χ1) is 16.9. The molecule has 3 aromatic heterocycles. The van der Waals surface area contributed by atoms with Gasteiger partial charge in [-0.3, -0.25) is 19.1 Å². The summed E-state index contributed by atoms with van der Waals surface area (Å²) >= 11 is 1.64. The summed E-state index contributed by atoms with van der Waals surface area (Å²) in [5, 5.41) is 3.96. The van der Waals surface area contributed by atoms with Crippen LogP contribution in [0, 0.1) is 5.92 Å². The van der Waals surface area contributed by atoms with Gasteiger partial charge in [0.05, 0.1) is 15.2 Å². The van der Waals surface area contributed by atoms with Crippen LogP contribution in [0.5, 0.6) is 0 Å². The topological polar surface area (TPSA) is 115 Å². The van der Waals surface area contributed by atoms with E-state index in [4.69, 9.17) is 0 Å². The quantitative estimate of drug-likeness (QED) is 0.331. The first kappa shape index (κ1) is 24.8. The fourth-order valence-corrected chi connectivity index (χ4v) is 5.11. The Morgan fingerprint density at radius 1 is 1.14 bits per heavy atom. The third-order valence-corrected chi connectivity index (χ3v) is 6.92. The number of unbranched alkanes of at least 4 members (excludes halogenated alkanes) is 1. The van der Waals surface area contributed by atoms with Crippen molar-refractivity contribution in [3.63, 3.8) is 0 Å². The van der Waals surface area contributed by atoms with Crippen molar-refractivity contribution in [3.8, 4) is 0 Å². The summed E-state index contributed by atoms with van der Waals surface area (Å²) in [4.78, 5) is 49.5. The van der Waals surface area contributed by atoms with Crippen LogP contribution < -0.4 is 16.6 Å². The molecule has 0 unspecified atom stereocenters. The molecule has 4 rings (SSSR count). The van der Waals surface area contributed by atoms with E-state index in [1.54, 1.807) is 15.9 Å². The lowest BCUT2D eigenvalue weighted by Gasteiger charge is -2.11. The average Bonchev–Trinajstić information content (AvgIpc) is 3.38. The molecule has 0 saturated heterocycles. The Morgan fingerprint density at radius 2 is 1.94 bits per heavy atom. The molecule has 10 heteroatoms. The Labute approximate surface area is 207 Å². The third kappa shape index (κ3) is 5.70. The van der Waals surface area contributed by atoms with Crippen molar-refractivity contribution in [1.29, 1.82) is 0 Å². The number of aryl methyl sites for hydroxylation is 2. The van der Waals surface area contributed by atoms with E-state index in [0.717, 1.165) is 28.1 Å². The fraction of sp³-hybridized carbons (Fsp3) is 0.480. The summed E-state index contributed by atoms with van der Waals surface area (Å²) in [7, 11) is 0. The molecule has 2 N–H and O–H groups in total. The van der Waals surface area contributed by atoms with Gasteiger partial charge in [0.25, 0.3) is 5.56 Å². The van der Waals surface area contributed by atoms with Crippen LogP contribution in [0.25, 0.3) is 21.4 Å². The number of amides is 1. The van der Waals surface area contributed by atoms with E-state index in [-0.39, 0.29) is 18.2 Å². The Kier molecular flexibility index (Phi) is 7.80. The highest BCUT2D eigenvalue weighted by Gasteiger charge is 2.19. The number of fused-ring (bicyclic) bond motifs is 2. The lowest BCUT2D eigenvalue weighted by Crippen LogP contribution is -2.31. The Morgan fingerprint density at radius 3 is 2.69 bits per heavy atom. The summed E-state index contributed by atoms with van der Waals surface area (Å²) in [6, 6.07) is 8.00. The molecule has 35 heavy (non-hydrogen) atoms. The molecule has 4 aromatic rings. The van der Waals surface area contributed by atoms with Gasteiger partial charge in [-0.1, -0.05) is 39.3 Å². The molecule has 0 aliphatic carbocycles. The van der Waals surface area contributed by atoms with E-state index < -0.39 is 11.2 Å². The predicted molar refractivity (Wildman–Crippen MR) is 139 cm³/mol. The minimum Gasteiger partial charge on any atom is -0.356 e. The monoisotopic (exact) mass is 496 g/mol. The molecule has 0 saturated carbocycles. The maximum Gasteiger partial charge on any atom is 0.330 e. The number of carbonyl (C=O) groups is 1. The van der Waals surface area contributed by atoms with Crippen LogP contribution in [-0.2, 0) is 30.7 Å². The van der Waals surface area contributed by atoms with Crippen LogP contribution in [0.4, 0.5) is 0 Å². The number of imidazole rings is 1. The Bertz CT molecular complexity index is 1410. The third-order valence-electron chi connectivity index (χ3n) is 5.82. The van der Waals surface area contributed by atoms with Crippen LogP contribution in [-0.4, -0.2) is 36.5 Å². The zero-order valence-corrected chi connectivity index (χ0v) is 21.3. The second kappa shape index (κ2) is 11.0. The lowest BCUT2D eigenvalue weighted by molar-refractivity contribution is -0.121. The number of nitrogens with one attached hydrogen (secondary N) is 2. The molecule has 3 heterocycles. The highest BCUT2D eigenvalue weighted by molar-refractivity contribution is 7.18. The smallest absolute Gasteiger partial charge is 0.330 e. The zero-order chi connectivity index (χ0) is 24.9. The average molecular weight is 497 g/mol. The van der Waals surface area contributed by atoms with Crippen molar-refractivity contribution in [2.24, 2.45) is 5.92 Å². The van der Waals surface area contributed by atoms with E-state index in [1.807, 2.05) is 35.8 Å². The second-order valence-corrected chi connectivity index (χ2v) is 10.3. The van der Waals surface area contributed by atoms with E-state index >= 15 is 0 Å². The normalized spacial score (nSPS) is 11.7. The minimum atomic E-state index is -0.440. The number of rotatable bonds is 11. The Balaban J connectivity index is 1.47. The number of benzene rings is 1. The number of para-hydroxylation sites is 1. The van der Waals surface area contributed by atoms with E-state index in [1.165, 1.54) is 0 Å². The number of hydrogen-bond donors (Lipinski definition) is 2. The van der Waals surface area contributed by atoms with Gasteiger partial charge >= 0.3 is 5.69 Å². The molecule has 0 aliphatic rings. The molecule has 1 aromatic carbocycles. The molecule has 1 amide bonds. The Hall–Kier alpha value is -3.27. The molecule has 0 atom stereocenters. The molecular weight excluding hydrogens is 464 g/mol. The summed E-state index contributed by atoms with van der Waals surface area (Å²) < 4.78 is 4.55. The minimum absolute atomic E-state index is 0.0773. The molecule has 9 nitrogen and oxygen atoms in total. The van der Waals surface area contributed by atoms with Crippen molar-refractivity contribution in [1.82, 2.24) is 29.4 Å². The van der Waals surface area contributed by atoms with Crippen LogP contribution in [0.1, 0.15) is 50.9 Å². The highest BCUT2D eigenvalue weighted by Crippen LogP contribution is 2.21. The molecule has 0 radical (unpaired) electrons. The lowest BCUT2D eigenvalue weighted by atomic mass is 10.2. The highest BCUT2D eigenvalue weighted by atomic mass is 32.1. The molecular formula is C25H32N6O3S. The molecule has 0 fully saturated rings. The first-order valence-corrected chi connectivity index (χ1v) is 13.0. The SMILES string of the molecule is CCCCn1c(=O)[nH]c(=O)c2c1nc(CCC(=O)NCCc1nc3ccccc3s1)n2CC(C)C. The van der Waals surface area contributed by atoms with Crippen LogP contribution in [0.3, 0.4) is 0 Å². The van der Waals surface area contributed by atoms with E-state index in [2.05, 4.69) is 34.1 Å². The van der Waals surface area contributed by atoms with Crippen molar-refractivity contribution in [2.45, 2.75) is 66.0 Å². The van der Waals surface area contributed by atoms with Gasteiger partial charge in [0.2, 0.25) is 5.91 Å². The molecule has 0 aliphatic heterocycles. The standard InChI is InChI=1S/C25H32N6O3S/c1-4-5-14-30-23-22(24(33)29-25(30)34)31(15-16(2)3)19(28-23)10-11-20(32)26-13-12-21-27-17-8-6-7-9-18(17)35-21/h6-9,16H,4-5,10-15H2,1-3H3,(H,26,32)(H,29,33,34). The fourth-order valence-electron chi connectivity index (χ4n) is 4.14. The number of aromatic nitrogens is 5. The second-order valence-electron chi connectivity index (χ2n) is 9.14. The number of aromatic amines is 1. The molecule has 186 valence electrons.